The molecule has 1 aliphatic heterocycles. The molecule has 20 heavy (non-hydrogen) atoms. The Labute approximate surface area is 115 Å². The van der Waals surface area contributed by atoms with Crippen LogP contribution in [0.25, 0.3) is 0 Å². The van der Waals surface area contributed by atoms with Crippen LogP contribution in [0.4, 0.5) is 10.1 Å². The minimum absolute atomic E-state index is 0.218. The number of rotatable bonds is 1. The second-order valence-corrected chi connectivity index (χ2v) is 4.94. The van der Waals surface area contributed by atoms with E-state index in [1.165, 1.54) is 12.1 Å². The Hall–Kier alpha value is -2.37. The van der Waals surface area contributed by atoms with Gasteiger partial charge in [0.1, 0.15) is 11.6 Å². The van der Waals surface area contributed by atoms with Crippen LogP contribution in [-0.2, 0) is 13.1 Å². The SMILES string of the molecule is Cc1c(N)cc(C(=O)N2CCn3ccnc3C2)cc1F. The maximum Gasteiger partial charge on any atom is 0.254 e. The topological polar surface area (TPSA) is 64.2 Å². The van der Waals surface area contributed by atoms with Crippen molar-refractivity contribution in [2.75, 3.05) is 12.3 Å². The van der Waals surface area contributed by atoms with E-state index in [2.05, 4.69) is 4.98 Å². The molecule has 0 saturated carbocycles. The zero-order valence-electron chi connectivity index (χ0n) is 11.1. The predicted molar refractivity (Wildman–Crippen MR) is 72.5 cm³/mol. The summed E-state index contributed by atoms with van der Waals surface area (Å²) in [4.78, 5) is 18.3. The van der Waals surface area contributed by atoms with E-state index in [9.17, 15) is 9.18 Å². The number of hydrogen-bond donors (Lipinski definition) is 1. The normalized spacial score (nSPS) is 14.2. The fraction of sp³-hybridized carbons (Fsp3) is 0.286. The highest BCUT2D eigenvalue weighted by Crippen LogP contribution is 2.20. The molecule has 1 aromatic heterocycles. The van der Waals surface area contributed by atoms with Gasteiger partial charge >= 0.3 is 0 Å². The summed E-state index contributed by atoms with van der Waals surface area (Å²) in [6.45, 7) is 3.31. The molecular weight excluding hydrogens is 259 g/mol. The van der Waals surface area contributed by atoms with Gasteiger partial charge in [-0.25, -0.2) is 9.37 Å². The number of imidazole rings is 1. The molecule has 0 aliphatic carbocycles. The molecule has 1 aromatic carbocycles. The summed E-state index contributed by atoms with van der Waals surface area (Å²) in [7, 11) is 0. The largest absolute Gasteiger partial charge is 0.398 e. The first kappa shape index (κ1) is 12.7. The standard InChI is InChI=1S/C14H15FN4O/c1-9-11(15)6-10(7-12(9)16)14(20)19-5-4-18-3-2-17-13(18)8-19/h2-3,6-7H,4-5,8,16H2,1H3. The molecule has 1 aliphatic rings. The van der Waals surface area contributed by atoms with Crippen LogP contribution >= 0.6 is 0 Å². The monoisotopic (exact) mass is 274 g/mol. The lowest BCUT2D eigenvalue weighted by Crippen LogP contribution is -2.38. The van der Waals surface area contributed by atoms with Crippen molar-refractivity contribution >= 4 is 11.6 Å². The highest BCUT2D eigenvalue weighted by Gasteiger charge is 2.23. The first-order valence-corrected chi connectivity index (χ1v) is 6.41. The molecule has 0 unspecified atom stereocenters. The van der Waals surface area contributed by atoms with Gasteiger partial charge in [0.2, 0.25) is 0 Å². The zero-order chi connectivity index (χ0) is 14.3. The number of nitrogens with zero attached hydrogens (tertiary/aromatic N) is 3. The van der Waals surface area contributed by atoms with Gasteiger partial charge in [-0.3, -0.25) is 4.79 Å². The Morgan fingerprint density at radius 1 is 1.40 bits per heavy atom. The van der Waals surface area contributed by atoms with E-state index in [0.717, 1.165) is 5.82 Å². The van der Waals surface area contributed by atoms with Crippen molar-refractivity contribution in [2.24, 2.45) is 0 Å². The summed E-state index contributed by atoms with van der Waals surface area (Å²) in [6.07, 6.45) is 3.60. The molecular formula is C14H15FN4O. The van der Waals surface area contributed by atoms with Crippen LogP contribution in [0.5, 0.6) is 0 Å². The van der Waals surface area contributed by atoms with Crippen LogP contribution < -0.4 is 5.73 Å². The quantitative estimate of drug-likeness (QED) is 0.803. The summed E-state index contributed by atoms with van der Waals surface area (Å²) >= 11 is 0. The van der Waals surface area contributed by atoms with Gasteiger partial charge in [0, 0.05) is 42.3 Å². The Bertz CT molecular complexity index is 657. The van der Waals surface area contributed by atoms with Gasteiger partial charge in [-0.05, 0) is 19.1 Å². The highest BCUT2D eigenvalue weighted by atomic mass is 19.1. The van der Waals surface area contributed by atoms with Crippen molar-refractivity contribution in [1.82, 2.24) is 14.5 Å². The van der Waals surface area contributed by atoms with Crippen molar-refractivity contribution in [2.45, 2.75) is 20.0 Å². The molecule has 0 spiro atoms. The predicted octanol–water partition coefficient (Wildman–Crippen LogP) is 1.57. The van der Waals surface area contributed by atoms with Crippen LogP contribution in [-0.4, -0.2) is 26.9 Å². The van der Waals surface area contributed by atoms with Crippen molar-refractivity contribution in [3.8, 4) is 0 Å². The molecule has 2 aromatic rings. The van der Waals surface area contributed by atoms with E-state index in [0.29, 0.717) is 30.9 Å². The smallest absolute Gasteiger partial charge is 0.254 e. The molecule has 0 radical (unpaired) electrons. The molecule has 3 rings (SSSR count). The number of halogens is 1. The Kier molecular flexibility index (Phi) is 2.93. The van der Waals surface area contributed by atoms with Gasteiger partial charge in [0.25, 0.3) is 5.91 Å². The minimum atomic E-state index is -0.452. The van der Waals surface area contributed by atoms with Crippen LogP contribution in [0.2, 0.25) is 0 Å². The van der Waals surface area contributed by atoms with E-state index >= 15 is 0 Å². The number of carbonyl (C=O) groups excluding carboxylic acids is 1. The van der Waals surface area contributed by atoms with Crippen LogP contribution in [0.3, 0.4) is 0 Å². The number of anilines is 1. The Morgan fingerprint density at radius 2 is 2.20 bits per heavy atom. The summed E-state index contributed by atoms with van der Waals surface area (Å²) in [5.74, 6) is 0.168. The van der Waals surface area contributed by atoms with Gasteiger partial charge in [-0.2, -0.15) is 0 Å². The number of aromatic nitrogens is 2. The molecule has 6 heteroatoms. The van der Waals surface area contributed by atoms with E-state index < -0.39 is 5.82 Å². The summed E-state index contributed by atoms with van der Waals surface area (Å²) in [5, 5.41) is 0. The number of nitrogens with two attached hydrogens (primary N) is 1. The molecule has 2 N–H and O–H groups in total. The van der Waals surface area contributed by atoms with Gasteiger partial charge in [0.15, 0.2) is 0 Å². The third-order valence-electron chi connectivity index (χ3n) is 3.66. The molecule has 0 fully saturated rings. The maximum absolute atomic E-state index is 13.7. The molecule has 0 bridgehead atoms. The van der Waals surface area contributed by atoms with Crippen molar-refractivity contribution in [3.05, 3.63) is 47.3 Å². The molecule has 104 valence electrons. The molecule has 2 heterocycles. The second-order valence-electron chi connectivity index (χ2n) is 4.94. The van der Waals surface area contributed by atoms with Gasteiger partial charge in [-0.1, -0.05) is 0 Å². The lowest BCUT2D eigenvalue weighted by molar-refractivity contribution is 0.0707. The fourth-order valence-corrected chi connectivity index (χ4v) is 2.35. The Balaban J connectivity index is 1.87. The number of fused-ring (bicyclic) bond motifs is 1. The maximum atomic E-state index is 13.7. The second kappa shape index (κ2) is 4.63. The zero-order valence-corrected chi connectivity index (χ0v) is 11.1. The lowest BCUT2D eigenvalue weighted by atomic mass is 10.1. The summed E-state index contributed by atoms with van der Waals surface area (Å²) < 4.78 is 15.7. The third kappa shape index (κ3) is 2.03. The summed E-state index contributed by atoms with van der Waals surface area (Å²) in [6, 6.07) is 2.77. The number of nitrogen functional groups attached to an aromatic ring is 1. The molecule has 1 amide bonds. The van der Waals surface area contributed by atoms with Crippen LogP contribution in [0, 0.1) is 12.7 Å². The Morgan fingerprint density at radius 3 is 2.95 bits per heavy atom. The number of amides is 1. The first-order chi connectivity index (χ1) is 9.56. The number of carbonyl (C=O) groups is 1. The molecule has 0 atom stereocenters. The van der Waals surface area contributed by atoms with Crippen LogP contribution in [0.1, 0.15) is 21.7 Å². The summed E-state index contributed by atoms with van der Waals surface area (Å²) in [5.41, 5.74) is 6.67. The fourth-order valence-electron chi connectivity index (χ4n) is 2.35. The van der Waals surface area contributed by atoms with E-state index in [1.54, 1.807) is 18.0 Å². The molecule has 0 saturated heterocycles. The molecule has 5 nitrogen and oxygen atoms in total. The van der Waals surface area contributed by atoms with Gasteiger partial charge < -0.3 is 15.2 Å². The van der Waals surface area contributed by atoms with Gasteiger partial charge in [-0.15, -0.1) is 0 Å². The average molecular weight is 274 g/mol. The minimum Gasteiger partial charge on any atom is -0.398 e. The van der Waals surface area contributed by atoms with Crippen molar-refractivity contribution < 1.29 is 9.18 Å². The third-order valence-corrected chi connectivity index (χ3v) is 3.66. The van der Waals surface area contributed by atoms with E-state index in [4.69, 9.17) is 5.73 Å². The lowest BCUT2D eigenvalue weighted by Gasteiger charge is -2.28. The number of benzene rings is 1. The van der Waals surface area contributed by atoms with E-state index in [1.807, 2.05) is 10.8 Å². The average Bonchev–Trinajstić information content (AvgIpc) is 2.90. The van der Waals surface area contributed by atoms with Gasteiger partial charge in [0.05, 0.1) is 6.54 Å². The van der Waals surface area contributed by atoms with Crippen molar-refractivity contribution in [1.29, 1.82) is 0 Å². The van der Waals surface area contributed by atoms with Crippen molar-refractivity contribution in [3.63, 3.8) is 0 Å². The van der Waals surface area contributed by atoms with E-state index in [-0.39, 0.29) is 11.5 Å². The highest BCUT2D eigenvalue weighted by molar-refractivity contribution is 5.95. The first-order valence-electron chi connectivity index (χ1n) is 6.41. The van der Waals surface area contributed by atoms with Crippen LogP contribution in [0.15, 0.2) is 24.5 Å². The number of hydrogen-bond acceptors (Lipinski definition) is 3.